The second-order valence-corrected chi connectivity index (χ2v) is 3.56. The average molecular weight is 191 g/mol. The molecule has 0 saturated carbocycles. The molecule has 0 radical (unpaired) electrons. The molecule has 1 rings (SSSR count). The van der Waals surface area contributed by atoms with Gasteiger partial charge in [-0.15, -0.1) is 0 Å². The van der Waals surface area contributed by atoms with E-state index >= 15 is 0 Å². The molecule has 0 fully saturated rings. The van der Waals surface area contributed by atoms with Gasteiger partial charge in [0.05, 0.1) is 6.04 Å². The van der Waals surface area contributed by atoms with Crippen LogP contribution >= 0.6 is 0 Å². The second kappa shape index (κ2) is 4.91. The maximum absolute atomic E-state index is 11.3. The number of carbonyl (C=O) groups is 1. The zero-order valence-corrected chi connectivity index (χ0v) is 8.79. The van der Waals surface area contributed by atoms with Crippen molar-refractivity contribution in [1.29, 1.82) is 0 Å². The Kier molecular flexibility index (Phi) is 3.84. The molecule has 0 aromatic heterocycles. The Hall–Kier alpha value is -1.15. The quantitative estimate of drug-likeness (QED) is 0.789. The van der Waals surface area contributed by atoms with Crippen LogP contribution in [0, 0.1) is 6.92 Å². The van der Waals surface area contributed by atoms with Gasteiger partial charge in [-0.3, -0.25) is 4.79 Å². The molecule has 1 unspecified atom stereocenters. The van der Waals surface area contributed by atoms with E-state index in [1.54, 1.807) is 0 Å². The molecule has 0 aliphatic rings. The minimum Gasteiger partial charge on any atom is -0.321 e. The zero-order chi connectivity index (χ0) is 10.6. The highest BCUT2D eigenvalue weighted by molar-refractivity contribution is 5.83. The van der Waals surface area contributed by atoms with Crippen LogP contribution in [-0.2, 0) is 11.2 Å². The standard InChI is InChI=1S/C12H17NO/c1-3-12(14)11(13)8-10-7-5-4-6-9(10)2/h4-7,11H,3,8,13H2,1-2H3. The molecule has 0 aliphatic heterocycles. The Balaban J connectivity index is 2.69. The van der Waals surface area contributed by atoms with Crippen LogP contribution in [0.3, 0.4) is 0 Å². The van der Waals surface area contributed by atoms with Crippen LogP contribution in [0.5, 0.6) is 0 Å². The van der Waals surface area contributed by atoms with E-state index in [2.05, 4.69) is 0 Å². The van der Waals surface area contributed by atoms with Crippen molar-refractivity contribution in [2.75, 3.05) is 0 Å². The van der Waals surface area contributed by atoms with Crippen molar-refractivity contribution in [1.82, 2.24) is 0 Å². The van der Waals surface area contributed by atoms with E-state index in [-0.39, 0.29) is 11.8 Å². The number of Topliss-reactive ketones (excluding diaryl/α,β-unsaturated/α-hetero) is 1. The van der Waals surface area contributed by atoms with Crippen molar-refractivity contribution in [3.63, 3.8) is 0 Å². The van der Waals surface area contributed by atoms with Gasteiger partial charge in [0.25, 0.3) is 0 Å². The number of benzene rings is 1. The van der Waals surface area contributed by atoms with E-state index in [0.29, 0.717) is 12.8 Å². The third-order valence-corrected chi connectivity index (χ3v) is 2.46. The Morgan fingerprint density at radius 1 is 1.43 bits per heavy atom. The summed E-state index contributed by atoms with van der Waals surface area (Å²) in [5.41, 5.74) is 8.15. The lowest BCUT2D eigenvalue weighted by atomic mass is 9.98. The van der Waals surface area contributed by atoms with Crippen molar-refractivity contribution >= 4 is 5.78 Å². The number of rotatable bonds is 4. The van der Waals surface area contributed by atoms with Crippen LogP contribution in [0.15, 0.2) is 24.3 Å². The van der Waals surface area contributed by atoms with E-state index in [9.17, 15) is 4.79 Å². The smallest absolute Gasteiger partial charge is 0.149 e. The fourth-order valence-electron chi connectivity index (χ4n) is 1.45. The molecular formula is C12H17NO. The molecule has 0 aliphatic carbocycles. The van der Waals surface area contributed by atoms with Gasteiger partial charge in [-0.2, -0.15) is 0 Å². The molecule has 14 heavy (non-hydrogen) atoms. The van der Waals surface area contributed by atoms with Crippen LogP contribution in [-0.4, -0.2) is 11.8 Å². The highest BCUT2D eigenvalue weighted by Crippen LogP contribution is 2.09. The van der Waals surface area contributed by atoms with Gasteiger partial charge >= 0.3 is 0 Å². The zero-order valence-electron chi connectivity index (χ0n) is 8.79. The molecule has 1 aromatic carbocycles. The first kappa shape index (κ1) is 10.9. The van der Waals surface area contributed by atoms with Gasteiger partial charge in [-0.25, -0.2) is 0 Å². The first-order valence-corrected chi connectivity index (χ1v) is 4.98. The van der Waals surface area contributed by atoms with Crippen molar-refractivity contribution in [2.45, 2.75) is 32.7 Å². The molecule has 76 valence electrons. The first-order valence-electron chi connectivity index (χ1n) is 4.98. The highest BCUT2D eigenvalue weighted by Gasteiger charge is 2.12. The molecule has 2 N–H and O–H groups in total. The largest absolute Gasteiger partial charge is 0.321 e. The third-order valence-electron chi connectivity index (χ3n) is 2.46. The van der Waals surface area contributed by atoms with Crippen molar-refractivity contribution in [3.8, 4) is 0 Å². The number of nitrogens with two attached hydrogens (primary N) is 1. The number of hydrogen-bond acceptors (Lipinski definition) is 2. The van der Waals surface area contributed by atoms with Gasteiger partial charge < -0.3 is 5.73 Å². The topological polar surface area (TPSA) is 43.1 Å². The molecule has 0 saturated heterocycles. The lowest BCUT2D eigenvalue weighted by Gasteiger charge is -2.11. The van der Waals surface area contributed by atoms with Gasteiger partial charge in [0.15, 0.2) is 0 Å². The molecule has 0 heterocycles. The van der Waals surface area contributed by atoms with E-state index in [0.717, 1.165) is 0 Å². The number of hydrogen-bond donors (Lipinski definition) is 1. The summed E-state index contributed by atoms with van der Waals surface area (Å²) in [7, 11) is 0. The SMILES string of the molecule is CCC(=O)C(N)Cc1ccccc1C. The number of carbonyl (C=O) groups excluding carboxylic acids is 1. The maximum Gasteiger partial charge on any atom is 0.149 e. The predicted octanol–water partition coefficient (Wildman–Crippen LogP) is 1.84. The Bertz CT molecular complexity index is 320. The van der Waals surface area contributed by atoms with Gasteiger partial charge in [0.2, 0.25) is 0 Å². The normalized spacial score (nSPS) is 12.5. The lowest BCUT2D eigenvalue weighted by Crippen LogP contribution is -2.32. The van der Waals surface area contributed by atoms with Crippen molar-refractivity contribution < 1.29 is 4.79 Å². The van der Waals surface area contributed by atoms with Crippen LogP contribution in [0.25, 0.3) is 0 Å². The molecular weight excluding hydrogens is 174 g/mol. The van der Waals surface area contributed by atoms with Gasteiger partial charge in [-0.05, 0) is 24.5 Å². The predicted molar refractivity (Wildman–Crippen MR) is 58.2 cm³/mol. The van der Waals surface area contributed by atoms with Gasteiger partial charge in [0.1, 0.15) is 5.78 Å². The highest BCUT2D eigenvalue weighted by atomic mass is 16.1. The lowest BCUT2D eigenvalue weighted by molar-refractivity contribution is -0.119. The van der Waals surface area contributed by atoms with Gasteiger partial charge in [0, 0.05) is 6.42 Å². The van der Waals surface area contributed by atoms with Crippen molar-refractivity contribution in [3.05, 3.63) is 35.4 Å². The van der Waals surface area contributed by atoms with E-state index in [4.69, 9.17) is 5.73 Å². The van der Waals surface area contributed by atoms with E-state index in [1.807, 2.05) is 38.1 Å². The molecule has 1 atom stereocenters. The Morgan fingerprint density at radius 3 is 2.64 bits per heavy atom. The summed E-state index contributed by atoms with van der Waals surface area (Å²) in [5, 5.41) is 0. The molecule has 0 amide bonds. The maximum atomic E-state index is 11.3. The minimum absolute atomic E-state index is 0.133. The number of ketones is 1. The summed E-state index contributed by atoms with van der Waals surface area (Å²) >= 11 is 0. The van der Waals surface area contributed by atoms with Crippen LogP contribution in [0.1, 0.15) is 24.5 Å². The van der Waals surface area contributed by atoms with E-state index < -0.39 is 0 Å². The van der Waals surface area contributed by atoms with Gasteiger partial charge in [-0.1, -0.05) is 31.2 Å². The monoisotopic (exact) mass is 191 g/mol. The molecule has 1 aromatic rings. The number of aryl methyl sites for hydroxylation is 1. The second-order valence-electron chi connectivity index (χ2n) is 3.56. The van der Waals surface area contributed by atoms with Crippen molar-refractivity contribution in [2.24, 2.45) is 5.73 Å². The fourth-order valence-corrected chi connectivity index (χ4v) is 1.45. The summed E-state index contributed by atoms with van der Waals surface area (Å²) in [4.78, 5) is 11.3. The fraction of sp³-hybridized carbons (Fsp3) is 0.417. The Morgan fingerprint density at radius 2 is 2.07 bits per heavy atom. The summed E-state index contributed by atoms with van der Waals surface area (Å²) in [6, 6.07) is 7.69. The molecule has 2 nitrogen and oxygen atoms in total. The summed E-state index contributed by atoms with van der Waals surface area (Å²) < 4.78 is 0. The van der Waals surface area contributed by atoms with Crippen LogP contribution in [0.2, 0.25) is 0 Å². The Labute approximate surface area is 85.1 Å². The van der Waals surface area contributed by atoms with Crippen LogP contribution < -0.4 is 5.73 Å². The summed E-state index contributed by atoms with van der Waals surface area (Å²) in [5.74, 6) is 0.133. The average Bonchev–Trinajstić information content (AvgIpc) is 2.20. The molecule has 2 heteroatoms. The third kappa shape index (κ3) is 2.67. The summed E-state index contributed by atoms with van der Waals surface area (Å²) in [6.45, 7) is 3.89. The summed E-state index contributed by atoms with van der Waals surface area (Å²) in [6.07, 6.45) is 1.17. The minimum atomic E-state index is -0.346. The molecule has 0 spiro atoms. The van der Waals surface area contributed by atoms with Crippen LogP contribution in [0.4, 0.5) is 0 Å². The molecule has 0 bridgehead atoms. The van der Waals surface area contributed by atoms with E-state index in [1.165, 1.54) is 11.1 Å². The first-order chi connectivity index (χ1) is 6.65.